The molecule has 2 bridgehead atoms. The molecule has 8 rings (SSSR count). The number of benzene rings is 2. The second-order valence-corrected chi connectivity index (χ2v) is 13.3. The van der Waals surface area contributed by atoms with Crippen LogP contribution in [0.2, 0.25) is 0 Å². The van der Waals surface area contributed by atoms with Crippen LogP contribution in [0.15, 0.2) is 30.3 Å². The van der Waals surface area contributed by atoms with E-state index < -0.39 is 11.0 Å². The minimum absolute atomic E-state index is 0.0634. The number of fused-ring (bicyclic) bond motifs is 4. The highest BCUT2D eigenvalue weighted by molar-refractivity contribution is 5.87. The van der Waals surface area contributed by atoms with E-state index in [0.29, 0.717) is 12.2 Å². The molecule has 1 aromatic heterocycles. The molecule has 2 aromatic carbocycles. The molecule has 2 fully saturated rings. The van der Waals surface area contributed by atoms with Crippen LogP contribution < -0.4 is 4.74 Å². The predicted octanol–water partition coefficient (Wildman–Crippen LogP) is 3.78. The Morgan fingerprint density at radius 1 is 1.17 bits per heavy atom. The summed E-state index contributed by atoms with van der Waals surface area (Å²) in [5.74, 6) is 1.57. The second kappa shape index (κ2) is 6.66. The SMILES string of the molecule is C[N+](C)(C)Cc1ccc2[nH]c3c(c2c1)C[C@@]1(O)[C@@H]2Cc4ccc(O)c5c4[C@@]1(CCN2CC1CC1)[C@H]3O5. The fraction of sp³-hybridized carbons (Fsp3) is 0.533. The molecular weight excluding hydrogens is 450 g/mol. The van der Waals surface area contributed by atoms with Crippen molar-refractivity contribution in [3.63, 3.8) is 0 Å². The Morgan fingerprint density at radius 2 is 2.00 bits per heavy atom. The van der Waals surface area contributed by atoms with Gasteiger partial charge < -0.3 is 24.4 Å². The van der Waals surface area contributed by atoms with Crippen molar-refractivity contribution in [1.29, 1.82) is 0 Å². The van der Waals surface area contributed by atoms with Crippen LogP contribution in [0, 0.1) is 5.92 Å². The maximum Gasteiger partial charge on any atom is 0.166 e. The van der Waals surface area contributed by atoms with Crippen LogP contribution in [0.4, 0.5) is 0 Å². The van der Waals surface area contributed by atoms with Gasteiger partial charge in [-0.3, -0.25) is 4.90 Å². The van der Waals surface area contributed by atoms with Gasteiger partial charge >= 0.3 is 0 Å². The molecule has 1 spiro atoms. The number of H-pyrrole nitrogens is 1. The van der Waals surface area contributed by atoms with Crippen molar-refractivity contribution in [3.05, 3.63) is 58.3 Å². The molecule has 6 heteroatoms. The van der Waals surface area contributed by atoms with Crippen LogP contribution in [0.25, 0.3) is 10.9 Å². The molecule has 6 nitrogen and oxygen atoms in total. The summed E-state index contributed by atoms with van der Waals surface area (Å²) in [5.41, 5.74) is 5.56. The number of phenolic OH excluding ortho intramolecular Hbond substituents is 1. The zero-order valence-corrected chi connectivity index (χ0v) is 21.5. The van der Waals surface area contributed by atoms with Crippen LogP contribution in [0.3, 0.4) is 0 Å². The molecule has 2 aliphatic heterocycles. The molecule has 36 heavy (non-hydrogen) atoms. The number of piperidine rings is 1. The molecule has 4 atom stereocenters. The van der Waals surface area contributed by atoms with Crippen molar-refractivity contribution in [2.24, 2.45) is 5.92 Å². The maximum atomic E-state index is 13.0. The van der Waals surface area contributed by atoms with Crippen molar-refractivity contribution < 1.29 is 19.4 Å². The number of hydrogen-bond acceptors (Lipinski definition) is 4. The van der Waals surface area contributed by atoms with Crippen LogP contribution in [-0.4, -0.2) is 70.5 Å². The first-order valence-corrected chi connectivity index (χ1v) is 13.6. The molecule has 3 N–H and O–H groups in total. The van der Waals surface area contributed by atoms with Gasteiger partial charge in [0.15, 0.2) is 17.6 Å². The number of aromatic nitrogens is 1. The van der Waals surface area contributed by atoms with Crippen LogP contribution in [-0.2, 0) is 24.8 Å². The molecule has 1 saturated carbocycles. The number of nitrogens with one attached hydrogen (secondary N) is 1. The normalized spacial score (nSPS) is 32.3. The van der Waals surface area contributed by atoms with Gasteiger partial charge in [-0.25, -0.2) is 0 Å². The maximum absolute atomic E-state index is 13.0. The summed E-state index contributed by atoms with van der Waals surface area (Å²) < 4.78 is 7.57. The lowest BCUT2D eigenvalue weighted by molar-refractivity contribution is -0.883. The smallest absolute Gasteiger partial charge is 0.166 e. The lowest BCUT2D eigenvalue weighted by atomic mass is 9.49. The summed E-state index contributed by atoms with van der Waals surface area (Å²) in [6.45, 7) is 3.01. The fourth-order valence-corrected chi connectivity index (χ4v) is 8.31. The lowest BCUT2D eigenvalue weighted by Gasteiger charge is -2.62. The second-order valence-electron chi connectivity index (χ2n) is 13.3. The Balaban J connectivity index is 1.35. The van der Waals surface area contributed by atoms with Gasteiger partial charge in [-0.15, -0.1) is 0 Å². The fourth-order valence-electron chi connectivity index (χ4n) is 8.31. The van der Waals surface area contributed by atoms with Gasteiger partial charge in [-0.2, -0.15) is 0 Å². The minimum atomic E-state index is -0.935. The average molecular weight is 487 g/mol. The number of aromatic hydroxyl groups is 1. The van der Waals surface area contributed by atoms with Gasteiger partial charge in [0, 0.05) is 41.0 Å². The van der Waals surface area contributed by atoms with Crippen molar-refractivity contribution in [1.82, 2.24) is 9.88 Å². The predicted molar refractivity (Wildman–Crippen MR) is 138 cm³/mol. The summed E-state index contributed by atoms with van der Waals surface area (Å²) in [5, 5.41) is 25.0. The quantitative estimate of drug-likeness (QED) is 0.491. The first-order valence-electron chi connectivity index (χ1n) is 13.6. The number of hydrogen-bond donors (Lipinski definition) is 3. The Bertz CT molecular complexity index is 1430. The van der Waals surface area contributed by atoms with Gasteiger partial charge in [-0.05, 0) is 67.5 Å². The van der Waals surface area contributed by atoms with Crippen molar-refractivity contribution >= 4 is 10.9 Å². The highest BCUT2D eigenvalue weighted by Gasteiger charge is 2.72. The monoisotopic (exact) mass is 486 g/mol. The summed E-state index contributed by atoms with van der Waals surface area (Å²) in [4.78, 5) is 6.32. The molecular formula is C30H36N3O3+. The third kappa shape index (κ3) is 2.62. The number of aromatic amines is 1. The molecule has 3 aromatic rings. The van der Waals surface area contributed by atoms with E-state index in [4.69, 9.17) is 4.74 Å². The molecule has 3 heterocycles. The molecule has 1 saturated heterocycles. The van der Waals surface area contributed by atoms with E-state index in [9.17, 15) is 10.2 Å². The van der Waals surface area contributed by atoms with E-state index in [2.05, 4.69) is 55.3 Å². The minimum Gasteiger partial charge on any atom is -0.504 e. The van der Waals surface area contributed by atoms with E-state index >= 15 is 0 Å². The molecule has 0 unspecified atom stereocenters. The van der Waals surface area contributed by atoms with E-state index in [1.54, 1.807) is 6.07 Å². The van der Waals surface area contributed by atoms with Crippen LogP contribution >= 0.6 is 0 Å². The number of ether oxygens (including phenoxy) is 1. The zero-order valence-electron chi connectivity index (χ0n) is 21.5. The van der Waals surface area contributed by atoms with Gasteiger partial charge in [0.05, 0.1) is 37.9 Å². The van der Waals surface area contributed by atoms with E-state index in [1.165, 1.54) is 34.9 Å². The number of rotatable bonds is 4. The summed E-state index contributed by atoms with van der Waals surface area (Å²) >= 11 is 0. The van der Waals surface area contributed by atoms with Crippen molar-refractivity contribution in [3.8, 4) is 11.5 Å². The highest BCUT2D eigenvalue weighted by atomic mass is 16.5. The third-order valence-electron chi connectivity index (χ3n) is 9.88. The summed E-state index contributed by atoms with van der Waals surface area (Å²) in [6.07, 6.45) is 4.60. The first kappa shape index (κ1) is 21.5. The number of nitrogens with zero attached hydrogens (tertiary/aromatic N) is 2. The summed E-state index contributed by atoms with van der Waals surface area (Å²) in [7, 11) is 6.65. The molecule has 3 aliphatic carbocycles. The number of quaternary nitrogens is 1. The van der Waals surface area contributed by atoms with Crippen LogP contribution in [0.5, 0.6) is 11.5 Å². The van der Waals surface area contributed by atoms with Crippen LogP contribution in [0.1, 0.15) is 53.3 Å². The molecule has 188 valence electrons. The topological polar surface area (TPSA) is 68.7 Å². The first-order chi connectivity index (χ1) is 17.2. The number of aliphatic hydroxyl groups is 1. The van der Waals surface area contributed by atoms with E-state index in [-0.39, 0.29) is 17.9 Å². The Labute approximate surface area is 212 Å². The average Bonchev–Trinajstić information content (AvgIpc) is 3.45. The number of phenols is 1. The zero-order chi connectivity index (χ0) is 24.6. The Morgan fingerprint density at radius 3 is 2.78 bits per heavy atom. The third-order valence-corrected chi connectivity index (χ3v) is 9.88. The van der Waals surface area contributed by atoms with Gasteiger partial charge in [0.1, 0.15) is 6.54 Å². The largest absolute Gasteiger partial charge is 0.504 e. The number of likely N-dealkylation sites (tertiary alicyclic amines) is 1. The van der Waals surface area contributed by atoms with E-state index in [0.717, 1.165) is 59.7 Å². The standard InChI is InChI=1S/C30H35N3O3/c1-33(2,3)16-18-6-8-22-20(12-18)21-14-30(35)24-13-19-7-9-23(34)27-25(19)29(30,28(36-27)26(21)31-22)10-11-32(24)15-17-4-5-17/h6-9,12,17,24,28,31,35H,4-5,10-11,13-16H2,1-3H3/p+1/t24-,28-,29-,30+/m0/s1. The van der Waals surface area contributed by atoms with Gasteiger partial charge in [-0.1, -0.05) is 12.1 Å². The molecule has 0 radical (unpaired) electrons. The van der Waals surface area contributed by atoms with Crippen molar-refractivity contribution in [2.75, 3.05) is 34.2 Å². The molecule has 5 aliphatic rings. The van der Waals surface area contributed by atoms with E-state index in [1.807, 2.05) is 0 Å². The molecule has 0 amide bonds. The van der Waals surface area contributed by atoms with Crippen molar-refractivity contribution in [2.45, 2.75) is 61.8 Å². The Hall–Kier alpha value is -2.54. The summed E-state index contributed by atoms with van der Waals surface area (Å²) in [6, 6.07) is 10.7. The Kier molecular flexibility index (Phi) is 3.98. The highest BCUT2D eigenvalue weighted by Crippen LogP contribution is 2.69. The van der Waals surface area contributed by atoms with Gasteiger partial charge in [0.25, 0.3) is 0 Å². The lowest BCUT2D eigenvalue weighted by Crippen LogP contribution is -2.74. The van der Waals surface area contributed by atoms with Gasteiger partial charge in [0.2, 0.25) is 0 Å².